The Hall–Kier alpha value is -10.4. The number of aryl methyl sites for hydroxylation is 6. The number of Topliss-reactive ketones (excluding diaryl/α,β-unsaturated/α-hetero) is 3. The normalized spacial score (nSPS) is 13.5. The number of oxazole rings is 3. The molecular weight excluding hydrogens is 1380 g/mol. The molecular formula is C71H70Cl3F3N12O12. The van der Waals surface area contributed by atoms with E-state index in [1.165, 1.54) is 73.4 Å². The molecule has 6 aromatic heterocycles. The zero-order valence-corrected chi connectivity index (χ0v) is 58.7. The van der Waals surface area contributed by atoms with Crippen molar-refractivity contribution in [3.8, 4) is 0 Å². The van der Waals surface area contributed by atoms with Crippen LogP contribution in [0.5, 0.6) is 0 Å². The number of rotatable bonds is 19. The highest BCUT2D eigenvalue weighted by molar-refractivity contribution is 6.49. The number of anilines is 3. The summed E-state index contributed by atoms with van der Waals surface area (Å²) in [6.45, 7) is 18.4. The lowest BCUT2D eigenvalue weighted by molar-refractivity contribution is -0.118. The predicted octanol–water partition coefficient (Wildman–Crippen LogP) is 13.1. The minimum absolute atomic E-state index is 0.0248. The minimum Gasteiger partial charge on any atom is -0.446 e. The van der Waals surface area contributed by atoms with E-state index < -0.39 is 70.9 Å². The van der Waals surface area contributed by atoms with E-state index in [2.05, 4.69) is 46.9 Å². The Balaban J connectivity index is 0.000000163. The number of hydrogen-bond acceptors (Lipinski definition) is 15. The Bertz CT molecular complexity index is 4630. The number of amides is 6. The Kier molecular flexibility index (Phi) is 22.2. The highest BCUT2D eigenvalue weighted by Crippen LogP contribution is 2.38. The van der Waals surface area contributed by atoms with Gasteiger partial charge in [-0.25, -0.2) is 28.1 Å². The van der Waals surface area contributed by atoms with E-state index >= 15 is 0 Å². The molecule has 0 aliphatic carbocycles. The van der Waals surface area contributed by atoms with Gasteiger partial charge in [0, 0.05) is 53.8 Å². The van der Waals surface area contributed by atoms with Crippen LogP contribution in [0.4, 0.5) is 30.2 Å². The summed E-state index contributed by atoms with van der Waals surface area (Å²) in [4.78, 5) is 129. The Morgan fingerprint density at radius 2 is 0.723 bits per heavy atom. The third-order valence-corrected chi connectivity index (χ3v) is 18.2. The van der Waals surface area contributed by atoms with Crippen molar-refractivity contribution < 1.29 is 69.6 Å². The maximum absolute atomic E-state index is 13.6. The first-order chi connectivity index (χ1) is 47.9. The molecule has 9 heterocycles. The number of benzene rings is 3. The highest BCUT2D eigenvalue weighted by Gasteiger charge is 2.39. The molecule has 528 valence electrons. The van der Waals surface area contributed by atoms with E-state index in [0.29, 0.717) is 132 Å². The van der Waals surface area contributed by atoms with Crippen LogP contribution in [0.1, 0.15) is 196 Å². The molecule has 9 aromatic rings. The standard InChI is InChI=1S/C25H26ClFN4O4.2C23H22ClFN4O4/c1-12(2)20(25-28-14(4)11-35-25)30-24(34)22(32)21-19(26)18(17-6-5-9-31(17)21)23(33)29-15-7-8-16(27)13(3)10-15;2*1-11-9-14(6-7-15(11)25)28-21(31)17-16-5-4-8-29(16)19(18(17)24)20(30)22(32)27-13(3)23-26-12(2)10-33-23/h7-8,10-12,20H,5-6,9H2,1-4H3,(H,29,33)(H,30,34);2*6-7,9-10,13H,4-5,8H2,1-3H3,(H,27,32)(H,28,31)/t20-;2*13-/m110/s1. The number of nitrogens with one attached hydrogen (secondary N) is 6. The van der Waals surface area contributed by atoms with Gasteiger partial charge < -0.3 is 58.9 Å². The fourth-order valence-corrected chi connectivity index (χ4v) is 13.2. The molecule has 3 aliphatic rings. The summed E-state index contributed by atoms with van der Waals surface area (Å²) in [5, 5.41) is 15.7. The quantitative estimate of drug-likeness (QED) is 0.0324. The fraction of sp³-hybridized carbons (Fsp3) is 0.324. The fourth-order valence-electron chi connectivity index (χ4n) is 12.1. The molecule has 3 aromatic carbocycles. The van der Waals surface area contributed by atoms with Gasteiger partial charge in [-0.05, 0) is 171 Å². The molecule has 3 aliphatic heterocycles. The topological polar surface area (TPSA) is 319 Å². The number of halogens is 6. The number of hydrogen-bond donors (Lipinski definition) is 6. The second kappa shape index (κ2) is 30.6. The van der Waals surface area contributed by atoms with Gasteiger partial charge in [0.25, 0.3) is 52.8 Å². The second-order valence-corrected chi connectivity index (χ2v) is 26.2. The molecule has 101 heavy (non-hydrogen) atoms. The van der Waals surface area contributed by atoms with Gasteiger partial charge in [0.15, 0.2) is 0 Å². The van der Waals surface area contributed by atoms with Crippen molar-refractivity contribution in [3.05, 3.63) is 208 Å². The van der Waals surface area contributed by atoms with Gasteiger partial charge in [0.1, 0.15) is 71.4 Å². The van der Waals surface area contributed by atoms with Gasteiger partial charge in [-0.2, -0.15) is 0 Å². The predicted molar refractivity (Wildman–Crippen MR) is 366 cm³/mol. The average Bonchev–Trinajstić information content (AvgIpc) is 1.62. The van der Waals surface area contributed by atoms with Crippen molar-refractivity contribution in [1.82, 2.24) is 44.6 Å². The van der Waals surface area contributed by atoms with E-state index in [4.69, 9.17) is 48.1 Å². The third kappa shape index (κ3) is 15.7. The van der Waals surface area contributed by atoms with Crippen LogP contribution in [0.2, 0.25) is 15.1 Å². The number of nitrogens with zero attached hydrogens (tertiary/aromatic N) is 6. The smallest absolute Gasteiger partial charge is 0.294 e. The van der Waals surface area contributed by atoms with Crippen LogP contribution in [0.3, 0.4) is 0 Å². The van der Waals surface area contributed by atoms with Gasteiger partial charge >= 0.3 is 0 Å². The van der Waals surface area contributed by atoms with Crippen molar-refractivity contribution in [2.75, 3.05) is 16.0 Å². The van der Waals surface area contributed by atoms with E-state index in [-0.39, 0.29) is 84.0 Å². The number of fused-ring (bicyclic) bond motifs is 3. The first-order valence-corrected chi connectivity index (χ1v) is 33.3. The summed E-state index contributed by atoms with van der Waals surface area (Å²) in [5.74, 6) is -7.16. The summed E-state index contributed by atoms with van der Waals surface area (Å²) < 4.78 is 61.6. The average molecular weight is 1450 g/mol. The van der Waals surface area contributed by atoms with E-state index in [1.807, 2.05) is 13.8 Å². The number of ketones is 3. The van der Waals surface area contributed by atoms with Crippen LogP contribution in [0.15, 0.2) is 86.6 Å². The SMILES string of the molecule is Cc1coc([C@@H](C)NC(=O)C(=O)c2c(Cl)c(C(=O)Nc3ccc(F)c(C)c3)c3n2CCC3)n1.Cc1coc([C@H](C)NC(=O)C(=O)c2c(Cl)c(C(=O)Nc3ccc(F)c(C)c3)c3n2CCC3)n1.Cc1coc([C@H](NC(=O)C(=O)c2c(Cl)c(C(=O)Nc3ccc(F)c(C)c3)c3n2CCC3)C(C)C)n1. The van der Waals surface area contributed by atoms with Crippen LogP contribution in [-0.2, 0) is 53.3 Å². The van der Waals surface area contributed by atoms with Crippen LogP contribution < -0.4 is 31.9 Å². The van der Waals surface area contributed by atoms with Crippen molar-refractivity contribution in [3.63, 3.8) is 0 Å². The molecule has 6 amide bonds. The summed E-state index contributed by atoms with van der Waals surface area (Å²) in [5.41, 5.74) is 6.39. The summed E-state index contributed by atoms with van der Waals surface area (Å²) in [6, 6.07) is 10.7. The van der Waals surface area contributed by atoms with Gasteiger partial charge in [-0.15, -0.1) is 0 Å². The third-order valence-electron chi connectivity index (χ3n) is 17.1. The van der Waals surface area contributed by atoms with Gasteiger partial charge in [0.2, 0.25) is 17.7 Å². The lowest BCUT2D eigenvalue weighted by atomic mass is 10.0. The van der Waals surface area contributed by atoms with Crippen molar-refractivity contribution in [1.29, 1.82) is 0 Å². The van der Waals surface area contributed by atoms with Gasteiger partial charge in [0.05, 0.1) is 48.8 Å². The zero-order chi connectivity index (χ0) is 73.2. The van der Waals surface area contributed by atoms with E-state index in [1.54, 1.807) is 69.1 Å². The lowest BCUT2D eigenvalue weighted by Gasteiger charge is -2.19. The van der Waals surface area contributed by atoms with Crippen LogP contribution in [-0.4, -0.2) is 81.4 Å². The molecule has 0 saturated carbocycles. The first kappa shape index (κ1) is 73.3. The van der Waals surface area contributed by atoms with Crippen LogP contribution >= 0.6 is 34.8 Å². The van der Waals surface area contributed by atoms with Crippen molar-refractivity contribution >= 4 is 105 Å². The molecule has 0 unspecified atom stereocenters. The van der Waals surface area contributed by atoms with Crippen molar-refractivity contribution in [2.45, 2.75) is 146 Å². The molecule has 30 heteroatoms. The summed E-state index contributed by atoms with van der Waals surface area (Å²) >= 11 is 19.5. The molecule has 0 saturated heterocycles. The summed E-state index contributed by atoms with van der Waals surface area (Å²) in [7, 11) is 0. The maximum Gasteiger partial charge on any atom is 0.294 e. The van der Waals surface area contributed by atoms with E-state index in [9.17, 15) is 56.3 Å². The molecule has 0 fully saturated rings. The Morgan fingerprint density at radius 1 is 0.436 bits per heavy atom. The lowest BCUT2D eigenvalue weighted by Crippen LogP contribution is -2.37. The Morgan fingerprint density at radius 3 is 0.990 bits per heavy atom. The first-order valence-electron chi connectivity index (χ1n) is 32.2. The number of aromatic nitrogens is 6. The van der Waals surface area contributed by atoms with Gasteiger partial charge in [-0.3, -0.25) is 43.2 Å². The number of carbonyl (C=O) groups excluding carboxylic acids is 9. The molecule has 0 bridgehead atoms. The second-order valence-electron chi connectivity index (χ2n) is 25.0. The maximum atomic E-state index is 13.6. The molecule has 24 nitrogen and oxygen atoms in total. The largest absolute Gasteiger partial charge is 0.446 e. The van der Waals surface area contributed by atoms with Crippen molar-refractivity contribution in [2.24, 2.45) is 5.92 Å². The highest BCUT2D eigenvalue weighted by atomic mass is 35.5. The number of carbonyl (C=O) groups is 9. The molecule has 0 spiro atoms. The van der Waals surface area contributed by atoms with Gasteiger partial charge in [-0.1, -0.05) is 48.7 Å². The molecule has 0 radical (unpaired) electrons. The zero-order valence-electron chi connectivity index (χ0n) is 56.5. The molecule has 6 N–H and O–H groups in total. The minimum atomic E-state index is -0.881. The summed E-state index contributed by atoms with van der Waals surface area (Å²) in [6.07, 6.45) is 8.08. The van der Waals surface area contributed by atoms with Crippen LogP contribution in [0.25, 0.3) is 0 Å². The Labute approximate surface area is 591 Å². The van der Waals surface area contributed by atoms with Crippen LogP contribution in [0, 0.1) is 64.9 Å². The van der Waals surface area contributed by atoms with E-state index in [0.717, 1.165) is 0 Å². The molecule has 12 rings (SSSR count). The monoisotopic (exact) mass is 1440 g/mol. The molecule has 3 atom stereocenters.